The van der Waals surface area contributed by atoms with E-state index in [2.05, 4.69) is 34.9 Å². The molecule has 1 aliphatic rings. The maximum Gasteiger partial charge on any atom is 0.126 e. The van der Waals surface area contributed by atoms with Crippen molar-refractivity contribution >= 4 is 0 Å². The lowest BCUT2D eigenvalue weighted by molar-refractivity contribution is 0.0769. The minimum absolute atomic E-state index is 0.305. The van der Waals surface area contributed by atoms with E-state index in [0.29, 0.717) is 18.1 Å². The Balaban J connectivity index is 2.19. The summed E-state index contributed by atoms with van der Waals surface area (Å²) in [4.78, 5) is 4.56. The summed E-state index contributed by atoms with van der Waals surface area (Å²) in [7, 11) is 2.03. The Morgan fingerprint density at radius 1 is 1.56 bits per heavy atom. The fourth-order valence-electron chi connectivity index (χ4n) is 3.03. The molecule has 0 aromatic carbocycles. The maximum absolute atomic E-state index is 5.82. The molecule has 3 unspecified atom stereocenters. The summed E-state index contributed by atoms with van der Waals surface area (Å²) in [5.41, 5.74) is 0. The quantitative estimate of drug-likeness (QED) is 0.843. The van der Waals surface area contributed by atoms with Crippen LogP contribution in [0.2, 0.25) is 0 Å². The minimum atomic E-state index is 0.305. The molecule has 2 rings (SSSR count). The summed E-state index contributed by atoms with van der Waals surface area (Å²) in [6.07, 6.45) is 7.71. The molecule has 1 aromatic heterocycles. The van der Waals surface area contributed by atoms with Crippen molar-refractivity contribution in [1.29, 1.82) is 0 Å². The van der Waals surface area contributed by atoms with E-state index in [-0.39, 0.29) is 0 Å². The zero-order valence-corrected chi connectivity index (χ0v) is 11.7. The van der Waals surface area contributed by atoms with Gasteiger partial charge in [0.05, 0.1) is 12.1 Å². The van der Waals surface area contributed by atoms with Crippen LogP contribution in [-0.4, -0.2) is 29.3 Å². The van der Waals surface area contributed by atoms with Crippen molar-refractivity contribution in [2.45, 2.75) is 51.8 Å². The predicted molar refractivity (Wildman–Crippen MR) is 72.5 cm³/mol. The predicted octanol–water partition coefficient (Wildman–Crippen LogP) is 2.37. The maximum atomic E-state index is 5.82. The van der Waals surface area contributed by atoms with Gasteiger partial charge in [-0.25, -0.2) is 4.98 Å². The third kappa shape index (κ3) is 2.59. The van der Waals surface area contributed by atoms with Gasteiger partial charge >= 0.3 is 0 Å². The molecular formula is C14H25N3O. The molecule has 1 aliphatic heterocycles. The lowest BCUT2D eigenvalue weighted by Gasteiger charge is -2.27. The summed E-state index contributed by atoms with van der Waals surface area (Å²) in [5, 5.41) is 3.45. The molecular weight excluding hydrogens is 226 g/mol. The van der Waals surface area contributed by atoms with Gasteiger partial charge in [0.1, 0.15) is 5.82 Å². The molecule has 3 atom stereocenters. The third-order valence-corrected chi connectivity index (χ3v) is 3.89. The molecule has 2 heterocycles. The average molecular weight is 251 g/mol. The first-order valence-electron chi connectivity index (χ1n) is 7.11. The third-order valence-electron chi connectivity index (χ3n) is 3.89. The van der Waals surface area contributed by atoms with E-state index in [9.17, 15) is 0 Å². The number of hydrogen-bond donors (Lipinski definition) is 1. The van der Waals surface area contributed by atoms with E-state index < -0.39 is 0 Å². The molecule has 0 amide bonds. The molecule has 0 spiro atoms. The summed E-state index contributed by atoms with van der Waals surface area (Å²) < 4.78 is 8.09. The Bertz CT molecular complexity index is 364. The van der Waals surface area contributed by atoms with Crippen molar-refractivity contribution in [3.63, 3.8) is 0 Å². The highest BCUT2D eigenvalue weighted by Crippen LogP contribution is 2.34. The largest absolute Gasteiger partial charge is 0.378 e. The number of aryl methyl sites for hydroxylation is 1. The van der Waals surface area contributed by atoms with Gasteiger partial charge in [-0.2, -0.15) is 0 Å². The first kappa shape index (κ1) is 13.6. The standard InChI is InChI=1S/C14H25N3O/c1-4-8-17-9-7-16-14(17)13(15-3)11-6-10-18-12(11)5-2/h7,9,11-13,15H,4-6,8,10H2,1-3H3. The zero-order valence-electron chi connectivity index (χ0n) is 11.7. The smallest absolute Gasteiger partial charge is 0.126 e. The van der Waals surface area contributed by atoms with Gasteiger partial charge in [-0.05, 0) is 26.3 Å². The van der Waals surface area contributed by atoms with Crippen LogP contribution in [0, 0.1) is 5.92 Å². The molecule has 1 N–H and O–H groups in total. The summed E-state index contributed by atoms with van der Waals surface area (Å²) >= 11 is 0. The second-order valence-electron chi connectivity index (χ2n) is 5.02. The van der Waals surface area contributed by atoms with Gasteiger partial charge in [0, 0.05) is 31.5 Å². The monoisotopic (exact) mass is 251 g/mol. The number of aromatic nitrogens is 2. The fraction of sp³-hybridized carbons (Fsp3) is 0.786. The fourth-order valence-corrected chi connectivity index (χ4v) is 3.03. The SMILES string of the molecule is CCCn1ccnc1C(NC)C1CCOC1CC. The Labute approximate surface area is 110 Å². The van der Waals surface area contributed by atoms with E-state index in [1.165, 1.54) is 0 Å². The average Bonchev–Trinajstić information content (AvgIpc) is 3.01. The molecule has 1 saturated heterocycles. The van der Waals surface area contributed by atoms with E-state index in [4.69, 9.17) is 4.74 Å². The summed E-state index contributed by atoms with van der Waals surface area (Å²) in [6, 6.07) is 0.305. The lowest BCUT2D eigenvalue weighted by atomic mass is 9.90. The second kappa shape index (κ2) is 6.34. The van der Waals surface area contributed by atoms with Crippen molar-refractivity contribution in [1.82, 2.24) is 14.9 Å². The van der Waals surface area contributed by atoms with Crippen molar-refractivity contribution < 1.29 is 4.74 Å². The van der Waals surface area contributed by atoms with E-state index >= 15 is 0 Å². The van der Waals surface area contributed by atoms with Crippen molar-refractivity contribution in [2.24, 2.45) is 5.92 Å². The molecule has 18 heavy (non-hydrogen) atoms. The van der Waals surface area contributed by atoms with Crippen LogP contribution in [0.1, 0.15) is 45.0 Å². The van der Waals surface area contributed by atoms with E-state index in [1.807, 2.05) is 13.2 Å². The highest BCUT2D eigenvalue weighted by Gasteiger charge is 2.35. The van der Waals surface area contributed by atoms with Crippen LogP contribution < -0.4 is 5.32 Å². The molecule has 1 fully saturated rings. The molecule has 1 aromatic rings. The Hall–Kier alpha value is -0.870. The highest BCUT2D eigenvalue weighted by atomic mass is 16.5. The van der Waals surface area contributed by atoms with Crippen LogP contribution in [0.3, 0.4) is 0 Å². The molecule has 4 heteroatoms. The number of nitrogens with zero attached hydrogens (tertiary/aromatic N) is 2. The van der Waals surface area contributed by atoms with Crippen molar-refractivity contribution in [3.8, 4) is 0 Å². The summed E-state index contributed by atoms with van der Waals surface area (Å²) in [5.74, 6) is 1.70. The second-order valence-corrected chi connectivity index (χ2v) is 5.02. The zero-order chi connectivity index (χ0) is 13.0. The highest BCUT2D eigenvalue weighted by molar-refractivity contribution is 5.04. The number of imidazole rings is 1. The van der Waals surface area contributed by atoms with Crippen molar-refractivity contribution in [2.75, 3.05) is 13.7 Å². The number of ether oxygens (including phenoxy) is 1. The van der Waals surface area contributed by atoms with E-state index in [0.717, 1.165) is 38.2 Å². The summed E-state index contributed by atoms with van der Waals surface area (Å²) in [6.45, 7) is 6.33. The van der Waals surface area contributed by atoms with Gasteiger partial charge in [-0.15, -0.1) is 0 Å². The van der Waals surface area contributed by atoms with Gasteiger partial charge in [0.15, 0.2) is 0 Å². The van der Waals surface area contributed by atoms with Gasteiger partial charge < -0.3 is 14.6 Å². The van der Waals surface area contributed by atoms with Gasteiger partial charge in [-0.1, -0.05) is 13.8 Å². The van der Waals surface area contributed by atoms with Crippen LogP contribution >= 0.6 is 0 Å². The lowest BCUT2D eigenvalue weighted by Crippen LogP contribution is -2.32. The van der Waals surface area contributed by atoms with Gasteiger partial charge in [-0.3, -0.25) is 0 Å². The van der Waals surface area contributed by atoms with Gasteiger partial charge in [0.25, 0.3) is 0 Å². The van der Waals surface area contributed by atoms with Crippen molar-refractivity contribution in [3.05, 3.63) is 18.2 Å². The number of hydrogen-bond acceptors (Lipinski definition) is 3. The molecule has 0 aliphatic carbocycles. The molecule has 4 nitrogen and oxygen atoms in total. The van der Waals surface area contributed by atoms with Crippen LogP contribution in [-0.2, 0) is 11.3 Å². The molecule has 0 bridgehead atoms. The first-order chi connectivity index (χ1) is 8.81. The minimum Gasteiger partial charge on any atom is -0.378 e. The van der Waals surface area contributed by atoms with Crippen LogP contribution in [0.25, 0.3) is 0 Å². The number of rotatable bonds is 6. The van der Waals surface area contributed by atoms with Crippen LogP contribution in [0.15, 0.2) is 12.4 Å². The Morgan fingerprint density at radius 3 is 3.06 bits per heavy atom. The Morgan fingerprint density at radius 2 is 2.39 bits per heavy atom. The van der Waals surface area contributed by atoms with Crippen LogP contribution in [0.5, 0.6) is 0 Å². The van der Waals surface area contributed by atoms with Gasteiger partial charge in [0.2, 0.25) is 0 Å². The molecule has 0 radical (unpaired) electrons. The topological polar surface area (TPSA) is 39.1 Å². The molecule has 102 valence electrons. The normalized spacial score (nSPS) is 25.5. The Kier molecular flexibility index (Phi) is 4.78. The number of nitrogens with one attached hydrogen (secondary N) is 1. The van der Waals surface area contributed by atoms with E-state index in [1.54, 1.807) is 0 Å². The van der Waals surface area contributed by atoms with Crippen LogP contribution in [0.4, 0.5) is 0 Å². The molecule has 0 saturated carbocycles. The first-order valence-corrected chi connectivity index (χ1v) is 7.11.